The first-order valence-corrected chi connectivity index (χ1v) is 4.83. The molecule has 4 heteroatoms. The number of fused-ring (bicyclic) bond motifs is 1. The van der Waals surface area contributed by atoms with Crippen LogP contribution in [0.3, 0.4) is 0 Å². The highest BCUT2D eigenvalue weighted by Crippen LogP contribution is 2.24. The number of hydrogen-bond donors (Lipinski definition) is 1. The summed E-state index contributed by atoms with van der Waals surface area (Å²) >= 11 is 1.43. The van der Waals surface area contributed by atoms with Crippen LogP contribution in [0, 0.1) is 0 Å². The second-order valence-electron chi connectivity index (χ2n) is 2.77. The molecule has 0 atom stereocenters. The van der Waals surface area contributed by atoms with Crippen molar-refractivity contribution < 1.29 is 9.90 Å². The third kappa shape index (κ3) is 1.29. The molecule has 0 unspecified atom stereocenters. The molecule has 2 rings (SSSR count). The number of benzene rings is 1. The van der Waals surface area contributed by atoms with E-state index < -0.39 is 5.97 Å². The van der Waals surface area contributed by atoms with E-state index in [1.807, 2.05) is 0 Å². The highest BCUT2D eigenvalue weighted by atomic mass is 32.1. The molecule has 2 aromatic rings. The van der Waals surface area contributed by atoms with Crippen LogP contribution >= 0.6 is 11.3 Å². The Hall–Kier alpha value is -1.68. The van der Waals surface area contributed by atoms with Crippen molar-refractivity contribution in [2.45, 2.75) is 0 Å². The standard InChI is InChI=1S/C10H7NO2S/c1-2-6-3-7(10(12)13)4-8-9(6)11-5-14-8/h2-5H,1H2,(H,12,13). The Morgan fingerprint density at radius 3 is 3.00 bits per heavy atom. The lowest BCUT2D eigenvalue weighted by atomic mass is 10.1. The van der Waals surface area contributed by atoms with Gasteiger partial charge in [-0.05, 0) is 12.1 Å². The minimum Gasteiger partial charge on any atom is -0.478 e. The van der Waals surface area contributed by atoms with Crippen LogP contribution in [-0.2, 0) is 0 Å². The molecular formula is C10H7NO2S. The van der Waals surface area contributed by atoms with Gasteiger partial charge in [0.05, 0.1) is 21.3 Å². The summed E-state index contributed by atoms with van der Waals surface area (Å²) in [5.41, 5.74) is 3.55. The molecule has 0 aliphatic heterocycles. The second-order valence-corrected chi connectivity index (χ2v) is 3.66. The maximum absolute atomic E-state index is 10.8. The number of aromatic nitrogens is 1. The van der Waals surface area contributed by atoms with Gasteiger partial charge >= 0.3 is 5.97 Å². The normalized spacial score (nSPS) is 10.3. The maximum Gasteiger partial charge on any atom is 0.335 e. The van der Waals surface area contributed by atoms with Crippen LogP contribution in [0.25, 0.3) is 16.3 Å². The quantitative estimate of drug-likeness (QED) is 0.819. The van der Waals surface area contributed by atoms with E-state index in [1.165, 1.54) is 11.3 Å². The Kier molecular flexibility index (Phi) is 2.05. The average molecular weight is 205 g/mol. The first-order valence-electron chi connectivity index (χ1n) is 3.95. The number of carboxylic acid groups (broad SMARTS) is 1. The van der Waals surface area contributed by atoms with E-state index in [1.54, 1.807) is 23.7 Å². The minimum atomic E-state index is -0.927. The zero-order chi connectivity index (χ0) is 10.1. The van der Waals surface area contributed by atoms with E-state index in [4.69, 9.17) is 5.11 Å². The Morgan fingerprint density at radius 2 is 2.36 bits per heavy atom. The number of carboxylic acids is 1. The zero-order valence-electron chi connectivity index (χ0n) is 7.23. The lowest BCUT2D eigenvalue weighted by molar-refractivity contribution is 0.0697. The molecule has 0 radical (unpaired) electrons. The molecule has 0 aliphatic carbocycles. The second kappa shape index (κ2) is 3.23. The summed E-state index contributed by atoms with van der Waals surface area (Å²) in [4.78, 5) is 14.9. The number of aromatic carboxylic acids is 1. The molecule has 0 saturated carbocycles. The summed E-state index contributed by atoms with van der Waals surface area (Å²) in [6, 6.07) is 3.21. The van der Waals surface area contributed by atoms with Gasteiger partial charge in [0, 0.05) is 5.56 Å². The Morgan fingerprint density at radius 1 is 1.57 bits per heavy atom. The summed E-state index contributed by atoms with van der Waals surface area (Å²) < 4.78 is 0.875. The molecule has 0 bridgehead atoms. The fraction of sp³-hybridized carbons (Fsp3) is 0. The van der Waals surface area contributed by atoms with Gasteiger partial charge in [-0.1, -0.05) is 12.7 Å². The van der Waals surface area contributed by atoms with Gasteiger partial charge in [0.25, 0.3) is 0 Å². The summed E-state index contributed by atoms with van der Waals surface area (Å²) in [7, 11) is 0. The predicted octanol–water partition coefficient (Wildman–Crippen LogP) is 2.64. The number of thiazole rings is 1. The third-order valence-corrected chi connectivity index (χ3v) is 2.71. The van der Waals surface area contributed by atoms with Gasteiger partial charge in [-0.2, -0.15) is 0 Å². The smallest absolute Gasteiger partial charge is 0.335 e. The van der Waals surface area contributed by atoms with Gasteiger partial charge in [0.15, 0.2) is 0 Å². The van der Waals surface area contributed by atoms with Crippen molar-refractivity contribution >= 4 is 33.6 Å². The molecule has 1 aromatic heterocycles. The van der Waals surface area contributed by atoms with Crippen LogP contribution in [0.2, 0.25) is 0 Å². The molecule has 1 heterocycles. The van der Waals surface area contributed by atoms with Crippen LogP contribution in [0.15, 0.2) is 24.2 Å². The molecule has 14 heavy (non-hydrogen) atoms. The van der Waals surface area contributed by atoms with E-state index in [2.05, 4.69) is 11.6 Å². The topological polar surface area (TPSA) is 50.2 Å². The van der Waals surface area contributed by atoms with Crippen molar-refractivity contribution in [3.63, 3.8) is 0 Å². The Balaban J connectivity index is 2.79. The molecular weight excluding hydrogens is 198 g/mol. The van der Waals surface area contributed by atoms with E-state index >= 15 is 0 Å². The summed E-state index contributed by atoms with van der Waals surface area (Å²) in [5, 5.41) is 8.85. The molecule has 0 amide bonds. The van der Waals surface area contributed by atoms with E-state index in [0.29, 0.717) is 0 Å². The lowest BCUT2D eigenvalue weighted by Gasteiger charge is -1.98. The van der Waals surface area contributed by atoms with Crippen molar-refractivity contribution in [3.05, 3.63) is 35.3 Å². The van der Waals surface area contributed by atoms with Gasteiger partial charge in [0.2, 0.25) is 0 Å². The predicted molar refractivity (Wildman–Crippen MR) is 56.7 cm³/mol. The van der Waals surface area contributed by atoms with E-state index in [-0.39, 0.29) is 5.56 Å². The molecule has 0 saturated heterocycles. The van der Waals surface area contributed by atoms with E-state index in [9.17, 15) is 4.79 Å². The zero-order valence-corrected chi connectivity index (χ0v) is 8.04. The van der Waals surface area contributed by atoms with Crippen molar-refractivity contribution in [2.24, 2.45) is 0 Å². The fourth-order valence-electron chi connectivity index (χ4n) is 1.27. The number of nitrogens with zero attached hydrogens (tertiary/aromatic N) is 1. The first kappa shape index (κ1) is 8.90. The molecule has 3 nitrogen and oxygen atoms in total. The van der Waals surface area contributed by atoms with Crippen LogP contribution in [0.4, 0.5) is 0 Å². The van der Waals surface area contributed by atoms with Crippen molar-refractivity contribution in [1.29, 1.82) is 0 Å². The van der Waals surface area contributed by atoms with Gasteiger partial charge in [0.1, 0.15) is 0 Å². The van der Waals surface area contributed by atoms with E-state index in [0.717, 1.165) is 15.8 Å². The summed E-state index contributed by atoms with van der Waals surface area (Å²) in [5.74, 6) is -0.927. The van der Waals surface area contributed by atoms with Gasteiger partial charge in [-0.15, -0.1) is 11.3 Å². The molecule has 0 aliphatic rings. The average Bonchev–Trinajstić information content (AvgIpc) is 2.63. The van der Waals surface area contributed by atoms with Gasteiger partial charge in [-0.3, -0.25) is 0 Å². The molecule has 1 N–H and O–H groups in total. The van der Waals surface area contributed by atoms with Gasteiger partial charge in [-0.25, -0.2) is 9.78 Å². The van der Waals surface area contributed by atoms with Gasteiger partial charge < -0.3 is 5.11 Å². The monoisotopic (exact) mass is 205 g/mol. The van der Waals surface area contributed by atoms with Crippen molar-refractivity contribution in [1.82, 2.24) is 4.98 Å². The molecule has 1 aromatic carbocycles. The highest BCUT2D eigenvalue weighted by Gasteiger charge is 2.08. The summed E-state index contributed by atoms with van der Waals surface area (Å²) in [6.45, 7) is 3.63. The molecule has 0 fully saturated rings. The van der Waals surface area contributed by atoms with Crippen LogP contribution in [0.1, 0.15) is 15.9 Å². The maximum atomic E-state index is 10.8. The number of hydrogen-bond acceptors (Lipinski definition) is 3. The summed E-state index contributed by atoms with van der Waals surface area (Å²) in [6.07, 6.45) is 1.62. The largest absolute Gasteiger partial charge is 0.478 e. The first-order chi connectivity index (χ1) is 6.72. The number of carbonyl (C=O) groups is 1. The van der Waals surface area contributed by atoms with Crippen molar-refractivity contribution in [3.8, 4) is 0 Å². The molecule has 70 valence electrons. The third-order valence-electron chi connectivity index (χ3n) is 1.93. The van der Waals surface area contributed by atoms with Crippen LogP contribution < -0.4 is 0 Å². The number of rotatable bonds is 2. The fourth-order valence-corrected chi connectivity index (χ4v) is 2.02. The van der Waals surface area contributed by atoms with Crippen molar-refractivity contribution in [2.75, 3.05) is 0 Å². The molecule has 0 spiro atoms. The minimum absolute atomic E-state index is 0.275. The Labute approximate surface area is 84.3 Å². The SMILES string of the molecule is C=Cc1cc(C(=O)O)cc2scnc12. The lowest BCUT2D eigenvalue weighted by Crippen LogP contribution is -1.96. The Bertz CT molecular complexity index is 516. The highest BCUT2D eigenvalue weighted by molar-refractivity contribution is 7.16. The van der Waals surface area contributed by atoms with Crippen LogP contribution in [0.5, 0.6) is 0 Å². The van der Waals surface area contributed by atoms with Crippen LogP contribution in [-0.4, -0.2) is 16.1 Å².